The van der Waals surface area contributed by atoms with Gasteiger partial charge in [0, 0.05) is 45.3 Å². The van der Waals surface area contributed by atoms with Crippen LogP contribution < -0.4 is 20.3 Å². The van der Waals surface area contributed by atoms with Crippen LogP contribution in [0.1, 0.15) is 29.4 Å². The number of fused-ring (bicyclic) bond motifs is 1. The van der Waals surface area contributed by atoms with Crippen LogP contribution in [-0.2, 0) is 11.3 Å². The number of ether oxygens (including phenoxy) is 1. The summed E-state index contributed by atoms with van der Waals surface area (Å²) in [5.74, 6) is -1.64. The second-order valence-corrected chi connectivity index (χ2v) is 7.76. The molecule has 1 aromatic heterocycles. The largest absolute Gasteiger partial charge is 0.478 e. The van der Waals surface area contributed by atoms with E-state index in [0.717, 1.165) is 0 Å². The Morgan fingerprint density at radius 2 is 1.97 bits per heavy atom. The average molecular weight is 445 g/mol. The Hall–Kier alpha value is -3.27. The van der Waals surface area contributed by atoms with Gasteiger partial charge in [0.2, 0.25) is 5.95 Å². The van der Waals surface area contributed by atoms with Gasteiger partial charge in [-0.25, -0.2) is 9.37 Å². The number of nitrogens with one attached hydrogen (secondary N) is 2. The lowest BCUT2D eigenvalue weighted by atomic mass is 10.1. The first-order valence-electron chi connectivity index (χ1n) is 10.6. The molecule has 0 bridgehead atoms. The first-order chi connectivity index (χ1) is 15.4. The van der Waals surface area contributed by atoms with Crippen molar-refractivity contribution >= 4 is 23.2 Å². The van der Waals surface area contributed by atoms with Crippen molar-refractivity contribution in [1.29, 1.82) is 0 Å². The molecule has 4 rings (SSSR count). The van der Waals surface area contributed by atoms with E-state index in [1.54, 1.807) is 18.2 Å². The molecule has 1 aromatic carbocycles. The molecule has 1 saturated heterocycles. The van der Waals surface area contributed by atoms with E-state index >= 15 is 4.39 Å². The molecule has 170 valence electrons. The monoisotopic (exact) mass is 445 g/mol. The zero-order valence-electron chi connectivity index (χ0n) is 18.0. The minimum Gasteiger partial charge on any atom is -0.478 e. The summed E-state index contributed by atoms with van der Waals surface area (Å²) >= 11 is 0. The summed E-state index contributed by atoms with van der Waals surface area (Å²) in [7, 11) is 1.46. The number of anilines is 2. The molecule has 0 aliphatic carbocycles. The van der Waals surface area contributed by atoms with Gasteiger partial charge >= 0.3 is 0 Å². The third kappa shape index (κ3) is 4.22. The molecule has 2 N–H and O–H groups in total. The maximum atomic E-state index is 15.0. The van der Waals surface area contributed by atoms with Crippen molar-refractivity contribution in [3.05, 3.63) is 47.3 Å². The molecule has 2 aliphatic heterocycles. The van der Waals surface area contributed by atoms with Crippen LogP contribution in [0.3, 0.4) is 0 Å². The fourth-order valence-corrected chi connectivity index (χ4v) is 3.92. The average Bonchev–Trinajstić information content (AvgIpc) is 2.81. The standard InChI is InChI=1S/C22H25F2N5O3/c1-3-16-22(31)27-19-17(32-16)7-4-13(18(19)23)12-28-8-10-29(11-9-28)15-6-5-14(21(30)25-2)26-20(15)24/h4-7,16H,3,8-12H2,1-2H3,(H,25,30)(H,27,31). The van der Waals surface area contributed by atoms with Crippen LogP contribution in [0, 0.1) is 11.8 Å². The number of rotatable bonds is 5. The van der Waals surface area contributed by atoms with Crippen molar-refractivity contribution in [1.82, 2.24) is 15.2 Å². The molecule has 32 heavy (non-hydrogen) atoms. The molecule has 2 amide bonds. The number of halogens is 2. The summed E-state index contributed by atoms with van der Waals surface area (Å²) in [4.78, 5) is 31.3. The Kier molecular flexibility index (Phi) is 6.22. The Morgan fingerprint density at radius 3 is 2.62 bits per heavy atom. The van der Waals surface area contributed by atoms with Crippen LogP contribution in [-0.4, -0.2) is 61.0 Å². The fraction of sp³-hybridized carbons (Fsp3) is 0.409. The highest BCUT2D eigenvalue weighted by molar-refractivity contribution is 5.98. The van der Waals surface area contributed by atoms with Crippen LogP contribution in [0.5, 0.6) is 5.75 Å². The van der Waals surface area contributed by atoms with Gasteiger partial charge < -0.3 is 20.3 Å². The van der Waals surface area contributed by atoms with E-state index < -0.39 is 23.8 Å². The Labute approximate surface area is 184 Å². The van der Waals surface area contributed by atoms with Gasteiger partial charge in [-0.1, -0.05) is 13.0 Å². The molecule has 10 heteroatoms. The van der Waals surface area contributed by atoms with Crippen LogP contribution in [0.4, 0.5) is 20.2 Å². The van der Waals surface area contributed by atoms with Gasteiger partial charge in [0.05, 0.1) is 5.69 Å². The lowest BCUT2D eigenvalue weighted by Gasteiger charge is -2.36. The summed E-state index contributed by atoms with van der Waals surface area (Å²) in [6.07, 6.45) is -0.107. The van der Waals surface area contributed by atoms with Crippen molar-refractivity contribution < 1.29 is 23.1 Å². The number of amides is 2. The van der Waals surface area contributed by atoms with E-state index in [1.165, 1.54) is 13.1 Å². The quantitative estimate of drug-likeness (QED) is 0.686. The van der Waals surface area contributed by atoms with Crippen molar-refractivity contribution in [3.8, 4) is 5.75 Å². The summed E-state index contributed by atoms with van der Waals surface area (Å²) in [6.45, 7) is 4.43. The maximum absolute atomic E-state index is 15.0. The third-order valence-corrected chi connectivity index (χ3v) is 5.76. The van der Waals surface area contributed by atoms with E-state index in [1.807, 2.05) is 11.8 Å². The van der Waals surface area contributed by atoms with Crippen LogP contribution in [0.15, 0.2) is 24.3 Å². The number of benzene rings is 1. The first-order valence-corrected chi connectivity index (χ1v) is 10.6. The number of carbonyl (C=O) groups excluding carboxylic acids is 2. The Morgan fingerprint density at radius 1 is 1.22 bits per heavy atom. The van der Waals surface area contributed by atoms with Crippen molar-refractivity contribution in [2.45, 2.75) is 26.0 Å². The van der Waals surface area contributed by atoms with Gasteiger partial charge in [-0.3, -0.25) is 14.5 Å². The molecular weight excluding hydrogens is 420 g/mol. The van der Waals surface area contributed by atoms with Gasteiger partial charge in [-0.05, 0) is 24.6 Å². The summed E-state index contributed by atoms with van der Waals surface area (Å²) in [6, 6.07) is 6.40. The van der Waals surface area contributed by atoms with E-state index in [9.17, 15) is 14.0 Å². The molecule has 1 fully saturated rings. The number of carbonyl (C=O) groups is 2. The van der Waals surface area contributed by atoms with Gasteiger partial charge in [0.15, 0.2) is 11.9 Å². The number of hydrogen-bond donors (Lipinski definition) is 2. The fourth-order valence-electron chi connectivity index (χ4n) is 3.92. The molecule has 0 spiro atoms. The van der Waals surface area contributed by atoms with Crippen molar-refractivity contribution in [2.75, 3.05) is 43.4 Å². The molecule has 1 unspecified atom stereocenters. The number of hydrogen-bond acceptors (Lipinski definition) is 6. The van der Waals surface area contributed by atoms with E-state index in [2.05, 4.69) is 20.5 Å². The van der Waals surface area contributed by atoms with Crippen LogP contribution >= 0.6 is 0 Å². The summed E-state index contributed by atoms with van der Waals surface area (Å²) in [5.41, 5.74) is 0.901. The maximum Gasteiger partial charge on any atom is 0.269 e. The van der Waals surface area contributed by atoms with Crippen molar-refractivity contribution in [2.24, 2.45) is 0 Å². The topological polar surface area (TPSA) is 86.8 Å². The van der Waals surface area contributed by atoms with Gasteiger partial charge in [0.25, 0.3) is 11.8 Å². The molecule has 0 radical (unpaired) electrons. The zero-order chi connectivity index (χ0) is 22.8. The Balaban J connectivity index is 1.40. The van der Waals surface area contributed by atoms with Crippen LogP contribution in [0.25, 0.3) is 0 Å². The molecular formula is C22H25F2N5O3. The SMILES string of the molecule is CCC1Oc2ccc(CN3CCN(c4ccc(C(=O)NC)nc4F)CC3)c(F)c2NC1=O. The molecule has 2 aliphatic rings. The lowest BCUT2D eigenvalue weighted by Crippen LogP contribution is -2.46. The highest BCUT2D eigenvalue weighted by Gasteiger charge is 2.30. The van der Waals surface area contributed by atoms with E-state index in [4.69, 9.17) is 4.74 Å². The number of aromatic nitrogens is 1. The second-order valence-electron chi connectivity index (χ2n) is 7.76. The zero-order valence-corrected chi connectivity index (χ0v) is 18.0. The third-order valence-electron chi connectivity index (χ3n) is 5.76. The number of pyridine rings is 1. The van der Waals surface area contributed by atoms with Crippen LogP contribution in [0.2, 0.25) is 0 Å². The molecule has 2 aromatic rings. The first kappa shape index (κ1) is 21.9. The minimum absolute atomic E-state index is 0.0246. The summed E-state index contributed by atoms with van der Waals surface area (Å²) < 4.78 is 35.0. The predicted octanol–water partition coefficient (Wildman–Crippen LogP) is 2.15. The van der Waals surface area contributed by atoms with E-state index in [0.29, 0.717) is 56.1 Å². The minimum atomic E-state index is -0.693. The Bertz CT molecular complexity index is 1040. The highest BCUT2D eigenvalue weighted by Crippen LogP contribution is 2.35. The molecule has 3 heterocycles. The molecule has 8 nitrogen and oxygen atoms in total. The van der Waals surface area contributed by atoms with Gasteiger partial charge in [-0.2, -0.15) is 4.39 Å². The van der Waals surface area contributed by atoms with E-state index in [-0.39, 0.29) is 17.3 Å². The van der Waals surface area contributed by atoms with Crippen molar-refractivity contribution in [3.63, 3.8) is 0 Å². The normalized spacial score (nSPS) is 18.6. The highest BCUT2D eigenvalue weighted by atomic mass is 19.1. The number of nitrogens with zero attached hydrogens (tertiary/aromatic N) is 3. The molecule has 0 saturated carbocycles. The lowest BCUT2D eigenvalue weighted by molar-refractivity contribution is -0.123. The second kappa shape index (κ2) is 9.07. The summed E-state index contributed by atoms with van der Waals surface area (Å²) in [5, 5.41) is 5.03. The predicted molar refractivity (Wildman–Crippen MR) is 115 cm³/mol. The van der Waals surface area contributed by atoms with Gasteiger partial charge in [-0.15, -0.1) is 0 Å². The number of piperazine rings is 1. The smallest absolute Gasteiger partial charge is 0.269 e. The van der Waals surface area contributed by atoms with Gasteiger partial charge in [0.1, 0.15) is 17.1 Å². The molecule has 1 atom stereocenters.